The molecule has 0 bridgehead atoms. The maximum absolute atomic E-state index is 12.7. The molecule has 4 rings (SSSR count). The molecule has 4 aromatic rings. The van der Waals surface area contributed by atoms with Crippen molar-refractivity contribution in [2.24, 2.45) is 0 Å². The highest BCUT2D eigenvalue weighted by atomic mass is 79.9. The smallest absolute Gasteiger partial charge is 0.228 e. The molecule has 0 atom stereocenters. The molecule has 1 heterocycles. The Balaban J connectivity index is 1.50. The van der Waals surface area contributed by atoms with Gasteiger partial charge in [0.25, 0.3) is 0 Å². The zero-order valence-corrected chi connectivity index (χ0v) is 15.4. The fourth-order valence-corrected chi connectivity index (χ4v) is 3.19. The van der Waals surface area contributed by atoms with Crippen LogP contribution in [0.25, 0.3) is 11.0 Å². The molecular formula is C22H15BrO3. The molecule has 0 saturated carbocycles. The summed E-state index contributed by atoms with van der Waals surface area (Å²) in [4.78, 5) is 12.7. The van der Waals surface area contributed by atoms with Crippen molar-refractivity contribution < 1.29 is 13.9 Å². The number of fused-ring (bicyclic) bond motifs is 1. The Kier molecular flexibility index (Phi) is 4.59. The van der Waals surface area contributed by atoms with E-state index in [1.807, 2.05) is 48.5 Å². The molecule has 128 valence electrons. The van der Waals surface area contributed by atoms with Gasteiger partial charge in [-0.2, -0.15) is 0 Å². The Bertz CT molecular complexity index is 1050. The van der Waals surface area contributed by atoms with Crippen molar-refractivity contribution in [2.45, 2.75) is 6.61 Å². The minimum Gasteiger partial charge on any atom is -0.489 e. The lowest BCUT2D eigenvalue weighted by Crippen LogP contribution is -2.00. The molecule has 0 fully saturated rings. The van der Waals surface area contributed by atoms with Crippen LogP contribution >= 0.6 is 15.9 Å². The number of carbonyl (C=O) groups is 1. The number of ether oxygens (including phenoxy) is 1. The average molecular weight is 407 g/mol. The lowest BCUT2D eigenvalue weighted by molar-refractivity contribution is 0.101. The first-order valence-corrected chi connectivity index (χ1v) is 8.99. The fourth-order valence-electron chi connectivity index (χ4n) is 2.73. The van der Waals surface area contributed by atoms with Crippen molar-refractivity contribution in [3.05, 3.63) is 100 Å². The lowest BCUT2D eigenvalue weighted by atomic mass is 10.1. The molecule has 0 amide bonds. The van der Waals surface area contributed by atoms with E-state index in [1.54, 1.807) is 30.3 Å². The molecule has 0 aliphatic carbocycles. The highest BCUT2D eigenvalue weighted by Gasteiger charge is 2.15. The fraction of sp³-hybridized carbons (Fsp3) is 0.0455. The Morgan fingerprint density at radius 3 is 2.42 bits per heavy atom. The van der Waals surface area contributed by atoms with Gasteiger partial charge in [0.15, 0.2) is 5.76 Å². The van der Waals surface area contributed by atoms with E-state index in [9.17, 15) is 4.79 Å². The third kappa shape index (κ3) is 3.41. The SMILES string of the molecule is O=C(c1ccc(OCc2ccccc2)cc1)c1cc2cccc(Br)c2o1. The van der Waals surface area contributed by atoms with Gasteiger partial charge >= 0.3 is 0 Å². The molecule has 3 nitrogen and oxygen atoms in total. The van der Waals surface area contributed by atoms with Gasteiger partial charge in [-0.05, 0) is 57.9 Å². The number of hydrogen-bond donors (Lipinski definition) is 0. The first-order valence-electron chi connectivity index (χ1n) is 8.20. The Labute approximate surface area is 159 Å². The van der Waals surface area contributed by atoms with Gasteiger partial charge in [0.2, 0.25) is 5.78 Å². The Hall–Kier alpha value is -2.85. The van der Waals surface area contributed by atoms with Crippen LogP contribution in [0.15, 0.2) is 87.8 Å². The third-order valence-electron chi connectivity index (χ3n) is 4.08. The molecule has 4 heteroatoms. The monoisotopic (exact) mass is 406 g/mol. The molecule has 26 heavy (non-hydrogen) atoms. The van der Waals surface area contributed by atoms with E-state index in [4.69, 9.17) is 9.15 Å². The summed E-state index contributed by atoms with van der Waals surface area (Å²) >= 11 is 3.44. The molecule has 3 aromatic carbocycles. The van der Waals surface area contributed by atoms with Gasteiger partial charge in [0.1, 0.15) is 17.9 Å². The van der Waals surface area contributed by atoms with Gasteiger partial charge in [-0.15, -0.1) is 0 Å². The van der Waals surface area contributed by atoms with E-state index in [1.165, 1.54) is 0 Å². The number of halogens is 1. The van der Waals surface area contributed by atoms with Crippen LogP contribution < -0.4 is 4.74 Å². The quantitative estimate of drug-likeness (QED) is 0.381. The number of carbonyl (C=O) groups excluding carboxylic acids is 1. The highest BCUT2D eigenvalue weighted by Crippen LogP contribution is 2.28. The predicted octanol–water partition coefficient (Wildman–Crippen LogP) is 6.01. The maximum Gasteiger partial charge on any atom is 0.228 e. The van der Waals surface area contributed by atoms with Crippen LogP contribution in [0, 0.1) is 0 Å². The minimum absolute atomic E-state index is 0.150. The molecule has 0 unspecified atom stereocenters. The van der Waals surface area contributed by atoms with Crippen LogP contribution in [0.3, 0.4) is 0 Å². The second-order valence-electron chi connectivity index (χ2n) is 5.90. The number of benzene rings is 3. The summed E-state index contributed by atoms with van der Waals surface area (Å²) in [6.07, 6.45) is 0. The summed E-state index contributed by atoms with van der Waals surface area (Å²) in [7, 11) is 0. The van der Waals surface area contributed by atoms with Crippen LogP contribution in [0.5, 0.6) is 5.75 Å². The summed E-state index contributed by atoms with van der Waals surface area (Å²) < 4.78 is 12.3. The zero-order valence-electron chi connectivity index (χ0n) is 13.8. The van der Waals surface area contributed by atoms with Gasteiger partial charge in [-0.1, -0.05) is 42.5 Å². The van der Waals surface area contributed by atoms with Gasteiger partial charge in [-0.3, -0.25) is 4.79 Å². The lowest BCUT2D eigenvalue weighted by Gasteiger charge is -2.06. The van der Waals surface area contributed by atoms with Gasteiger partial charge < -0.3 is 9.15 Å². The first-order chi connectivity index (χ1) is 12.7. The van der Waals surface area contributed by atoms with E-state index in [-0.39, 0.29) is 5.78 Å². The molecular weight excluding hydrogens is 392 g/mol. The molecule has 0 N–H and O–H groups in total. The molecule has 0 spiro atoms. The van der Waals surface area contributed by atoms with E-state index in [0.717, 1.165) is 21.2 Å². The van der Waals surface area contributed by atoms with Crippen molar-refractivity contribution in [3.8, 4) is 5.75 Å². The van der Waals surface area contributed by atoms with Crippen LogP contribution in [-0.2, 0) is 6.61 Å². The van der Waals surface area contributed by atoms with Crippen molar-refractivity contribution in [1.29, 1.82) is 0 Å². The predicted molar refractivity (Wildman–Crippen MR) is 105 cm³/mol. The molecule has 0 radical (unpaired) electrons. The number of ketones is 1. The molecule has 1 aromatic heterocycles. The number of furan rings is 1. The van der Waals surface area contributed by atoms with Crippen LogP contribution in [0.1, 0.15) is 21.7 Å². The van der Waals surface area contributed by atoms with Crippen LogP contribution in [0.2, 0.25) is 0 Å². The Morgan fingerprint density at radius 1 is 0.923 bits per heavy atom. The zero-order chi connectivity index (χ0) is 17.9. The number of rotatable bonds is 5. The van der Waals surface area contributed by atoms with Crippen molar-refractivity contribution in [3.63, 3.8) is 0 Å². The number of para-hydroxylation sites is 1. The molecule has 0 aliphatic heterocycles. The van der Waals surface area contributed by atoms with Crippen LogP contribution in [-0.4, -0.2) is 5.78 Å². The van der Waals surface area contributed by atoms with E-state index in [2.05, 4.69) is 15.9 Å². The highest BCUT2D eigenvalue weighted by molar-refractivity contribution is 9.10. The van der Waals surface area contributed by atoms with Gasteiger partial charge in [0.05, 0.1) is 4.47 Å². The average Bonchev–Trinajstić information content (AvgIpc) is 3.13. The summed E-state index contributed by atoms with van der Waals surface area (Å²) in [5.41, 5.74) is 2.34. The maximum atomic E-state index is 12.7. The van der Waals surface area contributed by atoms with Crippen molar-refractivity contribution >= 4 is 32.7 Å². The normalized spacial score (nSPS) is 10.8. The van der Waals surface area contributed by atoms with E-state index in [0.29, 0.717) is 23.5 Å². The van der Waals surface area contributed by atoms with Crippen molar-refractivity contribution in [1.82, 2.24) is 0 Å². The third-order valence-corrected chi connectivity index (χ3v) is 4.71. The number of hydrogen-bond acceptors (Lipinski definition) is 3. The summed E-state index contributed by atoms with van der Waals surface area (Å²) in [6, 6.07) is 24.5. The standard InChI is InChI=1S/C22H15BrO3/c23-19-8-4-7-17-13-20(26-22(17)19)21(24)16-9-11-18(12-10-16)25-14-15-5-2-1-3-6-15/h1-13H,14H2. The summed E-state index contributed by atoms with van der Waals surface area (Å²) in [5.74, 6) is 0.894. The topological polar surface area (TPSA) is 39.4 Å². The summed E-state index contributed by atoms with van der Waals surface area (Å²) in [5, 5.41) is 0.894. The first kappa shape index (κ1) is 16.6. The largest absolute Gasteiger partial charge is 0.489 e. The van der Waals surface area contributed by atoms with Gasteiger partial charge in [0, 0.05) is 10.9 Å². The van der Waals surface area contributed by atoms with Crippen molar-refractivity contribution in [2.75, 3.05) is 0 Å². The second-order valence-corrected chi connectivity index (χ2v) is 6.75. The summed E-state index contributed by atoms with van der Waals surface area (Å²) in [6.45, 7) is 0.492. The van der Waals surface area contributed by atoms with Gasteiger partial charge in [-0.25, -0.2) is 0 Å². The molecule has 0 aliphatic rings. The molecule has 0 saturated heterocycles. The minimum atomic E-state index is -0.150. The van der Waals surface area contributed by atoms with E-state index >= 15 is 0 Å². The second kappa shape index (κ2) is 7.18. The van der Waals surface area contributed by atoms with E-state index < -0.39 is 0 Å². The van der Waals surface area contributed by atoms with Crippen LogP contribution in [0.4, 0.5) is 0 Å². The Morgan fingerprint density at radius 2 is 1.69 bits per heavy atom.